The molecule has 0 aliphatic carbocycles. The zero-order chi connectivity index (χ0) is 18.9. The van der Waals surface area contributed by atoms with Gasteiger partial charge in [-0.2, -0.15) is 0 Å². The molecule has 0 aromatic heterocycles. The normalized spacial score (nSPS) is 10.6. The topological polar surface area (TPSA) is 82.1 Å². The summed E-state index contributed by atoms with van der Waals surface area (Å²) in [5.74, 6) is -0.649. The Kier molecular flexibility index (Phi) is 14.8. The molecule has 0 aromatic rings. The van der Waals surface area contributed by atoms with E-state index in [-0.39, 0.29) is 37.7 Å². The molecule has 7 heteroatoms. The largest absolute Gasteiger partial charge is 0.464 e. The van der Waals surface area contributed by atoms with Crippen LogP contribution in [0.1, 0.15) is 59.3 Å². The number of rotatable bonds is 15. The molecule has 0 amide bonds. The third kappa shape index (κ3) is 14.4. The Hall–Kier alpha value is -1.63. The SMILES string of the molecule is CCCC(=O)OCCN(CCOC(=O)CCC)CCOC(=O)CCC. The molecule has 0 N–H and O–H groups in total. The Morgan fingerprint density at radius 2 is 0.880 bits per heavy atom. The Balaban J connectivity index is 4.17. The summed E-state index contributed by atoms with van der Waals surface area (Å²) >= 11 is 0. The molecule has 0 fully saturated rings. The van der Waals surface area contributed by atoms with E-state index in [1.807, 2.05) is 25.7 Å². The van der Waals surface area contributed by atoms with Gasteiger partial charge in [-0.1, -0.05) is 20.8 Å². The quantitative estimate of drug-likeness (QED) is 0.328. The first-order chi connectivity index (χ1) is 12.0. The Labute approximate surface area is 151 Å². The van der Waals surface area contributed by atoms with Gasteiger partial charge in [0.1, 0.15) is 19.8 Å². The molecule has 7 nitrogen and oxygen atoms in total. The fourth-order valence-corrected chi connectivity index (χ4v) is 2.03. The standard InChI is InChI=1S/C18H33NO6/c1-4-7-16(20)23-13-10-19(11-14-24-17(21)8-5-2)12-15-25-18(22)9-6-3/h4-15H2,1-3H3. The molecule has 0 aliphatic heterocycles. The Bertz CT molecular complexity index is 329. The number of carbonyl (C=O) groups is 3. The molecule has 0 aliphatic rings. The van der Waals surface area contributed by atoms with E-state index >= 15 is 0 Å². The van der Waals surface area contributed by atoms with Crippen LogP contribution in [0.3, 0.4) is 0 Å². The van der Waals surface area contributed by atoms with E-state index in [2.05, 4.69) is 0 Å². The second-order valence-corrected chi connectivity index (χ2v) is 5.75. The van der Waals surface area contributed by atoms with Crippen molar-refractivity contribution >= 4 is 17.9 Å². The van der Waals surface area contributed by atoms with Crippen LogP contribution >= 0.6 is 0 Å². The van der Waals surface area contributed by atoms with Crippen molar-refractivity contribution in [3.8, 4) is 0 Å². The highest BCUT2D eigenvalue weighted by Gasteiger charge is 2.10. The van der Waals surface area contributed by atoms with Gasteiger partial charge >= 0.3 is 17.9 Å². The minimum absolute atomic E-state index is 0.216. The highest BCUT2D eigenvalue weighted by Crippen LogP contribution is 1.97. The van der Waals surface area contributed by atoms with Crippen molar-refractivity contribution in [1.29, 1.82) is 0 Å². The van der Waals surface area contributed by atoms with Gasteiger partial charge in [-0.15, -0.1) is 0 Å². The van der Waals surface area contributed by atoms with Crippen LogP contribution in [0.4, 0.5) is 0 Å². The molecule has 0 unspecified atom stereocenters. The molecular weight excluding hydrogens is 326 g/mol. The molecule has 0 atom stereocenters. The average Bonchev–Trinajstić information content (AvgIpc) is 2.55. The first kappa shape index (κ1) is 23.4. The van der Waals surface area contributed by atoms with Gasteiger partial charge in [-0.3, -0.25) is 19.3 Å². The molecule has 0 rings (SSSR count). The van der Waals surface area contributed by atoms with Crippen LogP contribution in [-0.4, -0.2) is 62.3 Å². The van der Waals surface area contributed by atoms with Crippen LogP contribution in [0.2, 0.25) is 0 Å². The van der Waals surface area contributed by atoms with Crippen molar-refractivity contribution in [2.75, 3.05) is 39.5 Å². The highest BCUT2D eigenvalue weighted by atomic mass is 16.5. The van der Waals surface area contributed by atoms with Gasteiger partial charge in [0.05, 0.1) is 0 Å². The molecule has 0 saturated heterocycles. The Morgan fingerprint density at radius 3 is 1.12 bits per heavy atom. The third-order valence-electron chi connectivity index (χ3n) is 3.37. The number of hydrogen-bond acceptors (Lipinski definition) is 7. The zero-order valence-corrected chi connectivity index (χ0v) is 15.9. The number of carbonyl (C=O) groups excluding carboxylic acids is 3. The summed E-state index contributed by atoms with van der Waals surface area (Å²) in [7, 11) is 0. The summed E-state index contributed by atoms with van der Waals surface area (Å²) in [4.78, 5) is 36.1. The number of hydrogen-bond donors (Lipinski definition) is 0. The predicted octanol–water partition coefficient (Wildman–Crippen LogP) is 2.32. The van der Waals surface area contributed by atoms with Crippen molar-refractivity contribution in [2.24, 2.45) is 0 Å². The van der Waals surface area contributed by atoms with Gasteiger partial charge in [-0.05, 0) is 19.3 Å². The molecule has 0 aromatic carbocycles. The third-order valence-corrected chi connectivity index (χ3v) is 3.37. The molecule has 25 heavy (non-hydrogen) atoms. The van der Waals surface area contributed by atoms with Crippen LogP contribution in [0.15, 0.2) is 0 Å². The highest BCUT2D eigenvalue weighted by molar-refractivity contribution is 5.69. The lowest BCUT2D eigenvalue weighted by Crippen LogP contribution is -2.35. The van der Waals surface area contributed by atoms with Gasteiger partial charge in [0.15, 0.2) is 0 Å². The van der Waals surface area contributed by atoms with E-state index in [1.54, 1.807) is 0 Å². The van der Waals surface area contributed by atoms with E-state index in [4.69, 9.17) is 14.2 Å². The summed E-state index contributed by atoms with van der Waals surface area (Å²) in [6.45, 7) is 8.08. The van der Waals surface area contributed by atoms with Gasteiger partial charge in [0.2, 0.25) is 0 Å². The first-order valence-electron chi connectivity index (χ1n) is 9.22. The molecule has 0 spiro atoms. The number of ether oxygens (including phenoxy) is 3. The minimum Gasteiger partial charge on any atom is -0.464 e. The summed E-state index contributed by atoms with van der Waals surface area (Å²) in [6, 6.07) is 0. The van der Waals surface area contributed by atoms with E-state index in [0.717, 1.165) is 19.3 Å². The monoisotopic (exact) mass is 359 g/mol. The average molecular weight is 359 g/mol. The van der Waals surface area contributed by atoms with Crippen LogP contribution in [0.5, 0.6) is 0 Å². The lowest BCUT2D eigenvalue weighted by atomic mass is 10.3. The van der Waals surface area contributed by atoms with Crippen molar-refractivity contribution in [2.45, 2.75) is 59.3 Å². The van der Waals surface area contributed by atoms with Gasteiger partial charge in [0.25, 0.3) is 0 Å². The second kappa shape index (κ2) is 15.9. The number of esters is 3. The Morgan fingerprint density at radius 1 is 0.600 bits per heavy atom. The van der Waals surface area contributed by atoms with Crippen LogP contribution in [0, 0.1) is 0 Å². The van der Waals surface area contributed by atoms with E-state index in [1.165, 1.54) is 0 Å². The second-order valence-electron chi connectivity index (χ2n) is 5.75. The predicted molar refractivity (Wildman–Crippen MR) is 94.0 cm³/mol. The van der Waals surface area contributed by atoms with Crippen LogP contribution < -0.4 is 0 Å². The van der Waals surface area contributed by atoms with E-state index < -0.39 is 0 Å². The van der Waals surface area contributed by atoms with Crippen molar-refractivity contribution < 1.29 is 28.6 Å². The molecule has 0 heterocycles. The summed E-state index contributed by atoms with van der Waals surface area (Å²) in [5.41, 5.74) is 0. The molecule has 0 saturated carbocycles. The lowest BCUT2D eigenvalue weighted by Gasteiger charge is -2.21. The van der Waals surface area contributed by atoms with Gasteiger partial charge in [-0.25, -0.2) is 0 Å². The maximum atomic E-state index is 11.4. The smallest absolute Gasteiger partial charge is 0.305 e. The summed E-state index contributed by atoms with van der Waals surface area (Å²) in [5, 5.41) is 0. The fraction of sp³-hybridized carbons (Fsp3) is 0.833. The number of nitrogens with zero attached hydrogens (tertiary/aromatic N) is 1. The summed E-state index contributed by atoms with van der Waals surface area (Å²) < 4.78 is 15.4. The van der Waals surface area contributed by atoms with Crippen molar-refractivity contribution in [3.63, 3.8) is 0 Å². The molecule has 146 valence electrons. The zero-order valence-electron chi connectivity index (χ0n) is 15.9. The first-order valence-corrected chi connectivity index (χ1v) is 9.22. The van der Waals surface area contributed by atoms with Crippen LogP contribution in [-0.2, 0) is 28.6 Å². The van der Waals surface area contributed by atoms with E-state index in [9.17, 15) is 14.4 Å². The van der Waals surface area contributed by atoms with E-state index in [0.29, 0.717) is 38.9 Å². The van der Waals surface area contributed by atoms with Crippen LogP contribution in [0.25, 0.3) is 0 Å². The maximum Gasteiger partial charge on any atom is 0.305 e. The van der Waals surface area contributed by atoms with Crippen molar-refractivity contribution in [3.05, 3.63) is 0 Å². The van der Waals surface area contributed by atoms with Gasteiger partial charge in [0, 0.05) is 38.9 Å². The minimum atomic E-state index is -0.216. The summed E-state index contributed by atoms with van der Waals surface area (Å²) in [6.07, 6.45) is 3.48. The van der Waals surface area contributed by atoms with Crippen molar-refractivity contribution in [1.82, 2.24) is 4.90 Å². The van der Waals surface area contributed by atoms with Gasteiger partial charge < -0.3 is 14.2 Å². The fourth-order valence-electron chi connectivity index (χ4n) is 2.03. The lowest BCUT2D eigenvalue weighted by molar-refractivity contribution is -0.144. The molecule has 0 bridgehead atoms. The molecule has 0 radical (unpaired) electrons. The maximum absolute atomic E-state index is 11.4. The molecular formula is C18H33NO6.